The number of ether oxygens (including phenoxy) is 1. The van der Waals surface area contributed by atoms with E-state index in [-0.39, 0.29) is 11.9 Å². The van der Waals surface area contributed by atoms with Crippen LogP contribution in [0.25, 0.3) is 0 Å². The Morgan fingerprint density at radius 3 is 2.08 bits per heavy atom. The quantitative estimate of drug-likeness (QED) is 0.617. The Balaban J connectivity index is 2.39. The van der Waals surface area contributed by atoms with Crippen LogP contribution in [-0.4, -0.2) is 36.6 Å². The van der Waals surface area contributed by atoms with E-state index < -0.39 is 0 Å². The van der Waals surface area contributed by atoms with E-state index in [0.717, 1.165) is 18.5 Å². The normalized spacial score (nSPS) is 12.6. The molecule has 0 saturated carbocycles. The molecular formula is C23H31NO2. The zero-order valence-electron chi connectivity index (χ0n) is 16.6. The van der Waals surface area contributed by atoms with E-state index in [2.05, 4.69) is 62.9 Å². The highest BCUT2D eigenvalue weighted by Gasteiger charge is 2.23. The molecule has 0 aliphatic heterocycles. The molecule has 0 radical (unpaired) electrons. The third kappa shape index (κ3) is 4.95. The predicted octanol–water partition coefficient (Wildman–Crippen LogP) is 5.11. The number of benzene rings is 2. The van der Waals surface area contributed by atoms with Crippen LogP contribution in [0.1, 0.15) is 61.5 Å². The Hall–Kier alpha value is -2.13. The van der Waals surface area contributed by atoms with E-state index in [4.69, 9.17) is 4.74 Å². The van der Waals surface area contributed by atoms with Crippen molar-refractivity contribution >= 4 is 5.97 Å². The van der Waals surface area contributed by atoms with Gasteiger partial charge in [-0.05, 0) is 57.9 Å². The molecule has 0 amide bonds. The lowest BCUT2D eigenvalue weighted by Gasteiger charge is -2.32. The second kappa shape index (κ2) is 9.54. The molecule has 0 aliphatic carbocycles. The molecule has 1 atom stereocenters. The van der Waals surface area contributed by atoms with Gasteiger partial charge in [0, 0.05) is 18.0 Å². The molecule has 1 unspecified atom stereocenters. The summed E-state index contributed by atoms with van der Waals surface area (Å²) in [5, 5.41) is 0. The molecule has 2 aromatic carbocycles. The summed E-state index contributed by atoms with van der Waals surface area (Å²) in [7, 11) is 1.44. The van der Waals surface area contributed by atoms with Gasteiger partial charge in [-0.15, -0.1) is 0 Å². The smallest absolute Gasteiger partial charge is 0.338 e. The van der Waals surface area contributed by atoms with E-state index in [0.29, 0.717) is 17.6 Å². The Bertz CT molecular complexity index is 686. The number of hydrogen-bond acceptors (Lipinski definition) is 3. The molecule has 0 aromatic heterocycles. The van der Waals surface area contributed by atoms with Gasteiger partial charge in [-0.25, -0.2) is 4.79 Å². The number of hydrogen-bond donors (Lipinski definition) is 0. The summed E-state index contributed by atoms with van der Waals surface area (Å²) in [6.45, 7) is 9.92. The van der Waals surface area contributed by atoms with Gasteiger partial charge in [0.15, 0.2) is 0 Å². The lowest BCUT2D eigenvalue weighted by molar-refractivity contribution is 0.0599. The largest absolute Gasteiger partial charge is 0.465 e. The second-order valence-electron chi connectivity index (χ2n) is 7.26. The van der Waals surface area contributed by atoms with Crippen molar-refractivity contribution in [1.29, 1.82) is 0 Å². The Labute approximate surface area is 158 Å². The number of methoxy groups -OCH3 is 1. The van der Waals surface area contributed by atoms with Crippen LogP contribution >= 0.6 is 0 Å². The highest BCUT2D eigenvalue weighted by Crippen LogP contribution is 2.31. The number of rotatable bonds is 8. The summed E-state index contributed by atoms with van der Waals surface area (Å²) in [5.74, 6) is -0.113. The van der Waals surface area contributed by atoms with Gasteiger partial charge in [-0.3, -0.25) is 4.90 Å². The molecular weight excluding hydrogens is 322 g/mol. The lowest BCUT2D eigenvalue weighted by atomic mass is 9.85. The minimum atomic E-state index is -0.272. The van der Waals surface area contributed by atoms with Gasteiger partial charge < -0.3 is 4.74 Å². The molecule has 140 valence electrons. The molecule has 0 aliphatic rings. The predicted molar refractivity (Wildman–Crippen MR) is 108 cm³/mol. The summed E-state index contributed by atoms with van der Waals surface area (Å²) < 4.78 is 5.02. The highest BCUT2D eigenvalue weighted by molar-refractivity contribution is 5.91. The minimum Gasteiger partial charge on any atom is -0.465 e. The van der Waals surface area contributed by atoms with Crippen molar-refractivity contribution in [2.24, 2.45) is 0 Å². The molecule has 0 saturated heterocycles. The fourth-order valence-corrected chi connectivity index (χ4v) is 3.67. The Morgan fingerprint density at radius 1 is 0.923 bits per heavy atom. The Morgan fingerprint density at radius 2 is 1.50 bits per heavy atom. The number of esters is 1. The zero-order chi connectivity index (χ0) is 19.1. The van der Waals surface area contributed by atoms with Crippen LogP contribution in [0.2, 0.25) is 0 Å². The van der Waals surface area contributed by atoms with Crippen LogP contribution in [0.4, 0.5) is 0 Å². The number of carbonyl (C=O) groups excluding carboxylic acids is 1. The van der Waals surface area contributed by atoms with Gasteiger partial charge in [-0.2, -0.15) is 0 Å². The monoisotopic (exact) mass is 353 g/mol. The topological polar surface area (TPSA) is 29.5 Å². The molecule has 0 fully saturated rings. The van der Waals surface area contributed by atoms with E-state index in [9.17, 15) is 4.79 Å². The van der Waals surface area contributed by atoms with Crippen LogP contribution in [0.3, 0.4) is 0 Å². The molecule has 2 rings (SSSR count). The third-order valence-corrected chi connectivity index (χ3v) is 4.95. The van der Waals surface area contributed by atoms with E-state index in [1.165, 1.54) is 12.7 Å². The van der Waals surface area contributed by atoms with Crippen LogP contribution in [-0.2, 0) is 4.74 Å². The first-order valence-corrected chi connectivity index (χ1v) is 9.43. The lowest BCUT2D eigenvalue weighted by Crippen LogP contribution is -2.38. The van der Waals surface area contributed by atoms with E-state index in [1.54, 1.807) is 0 Å². The zero-order valence-corrected chi connectivity index (χ0v) is 16.6. The number of nitrogens with zero attached hydrogens (tertiary/aromatic N) is 1. The average molecular weight is 354 g/mol. The molecule has 0 spiro atoms. The minimum absolute atomic E-state index is 0.159. The SMILES string of the molecule is COC(=O)c1ccccc1C(CCN(C(C)C)C(C)C)c1ccccc1. The van der Waals surface area contributed by atoms with Crippen molar-refractivity contribution < 1.29 is 9.53 Å². The average Bonchev–Trinajstić information content (AvgIpc) is 2.64. The summed E-state index contributed by atoms with van der Waals surface area (Å²) in [6, 6.07) is 19.2. The maximum absolute atomic E-state index is 12.3. The fraction of sp³-hybridized carbons (Fsp3) is 0.435. The fourth-order valence-electron chi connectivity index (χ4n) is 3.67. The van der Waals surface area contributed by atoms with Crippen LogP contribution < -0.4 is 0 Å². The van der Waals surface area contributed by atoms with E-state index >= 15 is 0 Å². The molecule has 3 nitrogen and oxygen atoms in total. The molecule has 0 heterocycles. The second-order valence-corrected chi connectivity index (χ2v) is 7.26. The van der Waals surface area contributed by atoms with Crippen molar-refractivity contribution in [1.82, 2.24) is 4.90 Å². The van der Waals surface area contributed by atoms with Crippen molar-refractivity contribution in [3.63, 3.8) is 0 Å². The van der Waals surface area contributed by atoms with Crippen molar-refractivity contribution in [3.05, 3.63) is 71.3 Å². The molecule has 0 bridgehead atoms. The van der Waals surface area contributed by atoms with E-state index in [1.807, 2.05) is 24.3 Å². The maximum atomic E-state index is 12.3. The molecule has 26 heavy (non-hydrogen) atoms. The van der Waals surface area contributed by atoms with Crippen LogP contribution in [0.15, 0.2) is 54.6 Å². The molecule has 0 N–H and O–H groups in total. The first kappa shape index (κ1) is 20.2. The summed E-state index contributed by atoms with van der Waals surface area (Å²) >= 11 is 0. The third-order valence-electron chi connectivity index (χ3n) is 4.95. The summed E-state index contributed by atoms with van der Waals surface area (Å²) in [5.41, 5.74) is 2.93. The summed E-state index contributed by atoms with van der Waals surface area (Å²) in [4.78, 5) is 14.8. The van der Waals surface area contributed by atoms with Gasteiger partial charge >= 0.3 is 5.97 Å². The maximum Gasteiger partial charge on any atom is 0.338 e. The van der Waals surface area contributed by atoms with Crippen LogP contribution in [0, 0.1) is 0 Å². The van der Waals surface area contributed by atoms with Crippen molar-refractivity contribution in [3.8, 4) is 0 Å². The molecule has 3 heteroatoms. The summed E-state index contributed by atoms with van der Waals surface area (Å²) in [6.07, 6.45) is 0.953. The van der Waals surface area contributed by atoms with Gasteiger partial charge in [0.1, 0.15) is 0 Å². The van der Waals surface area contributed by atoms with Crippen LogP contribution in [0.5, 0.6) is 0 Å². The van der Waals surface area contributed by atoms with Gasteiger partial charge in [-0.1, -0.05) is 48.5 Å². The highest BCUT2D eigenvalue weighted by atomic mass is 16.5. The Kier molecular flexibility index (Phi) is 7.40. The van der Waals surface area contributed by atoms with Crippen molar-refractivity contribution in [2.75, 3.05) is 13.7 Å². The first-order valence-electron chi connectivity index (χ1n) is 9.43. The van der Waals surface area contributed by atoms with Gasteiger partial charge in [0.25, 0.3) is 0 Å². The standard InChI is InChI=1S/C23H31NO2/c1-17(2)24(18(3)4)16-15-20(19-11-7-6-8-12-19)21-13-9-10-14-22(21)23(25)26-5/h6-14,17-18,20H,15-16H2,1-5H3. The first-order chi connectivity index (χ1) is 12.5. The molecule has 2 aromatic rings. The van der Waals surface area contributed by atoms with Gasteiger partial charge in [0.05, 0.1) is 12.7 Å². The van der Waals surface area contributed by atoms with Gasteiger partial charge in [0.2, 0.25) is 0 Å². The van der Waals surface area contributed by atoms with Crippen molar-refractivity contribution in [2.45, 2.75) is 52.1 Å². The number of carbonyl (C=O) groups is 1.